The van der Waals surface area contributed by atoms with Crippen LogP contribution < -0.4 is 0 Å². The molecule has 0 bridgehead atoms. The summed E-state index contributed by atoms with van der Waals surface area (Å²) in [6, 6.07) is 15.1. The van der Waals surface area contributed by atoms with Crippen LogP contribution in [0.1, 0.15) is 34.3 Å². The van der Waals surface area contributed by atoms with E-state index in [2.05, 4.69) is 4.98 Å². The van der Waals surface area contributed by atoms with E-state index < -0.39 is 27.1 Å². The summed E-state index contributed by atoms with van der Waals surface area (Å²) in [6.45, 7) is 0.331. The summed E-state index contributed by atoms with van der Waals surface area (Å²) >= 11 is 1.37. The molecule has 186 valence electrons. The van der Waals surface area contributed by atoms with Gasteiger partial charge in [0, 0.05) is 24.2 Å². The Kier molecular flexibility index (Phi) is 6.36. The first kappa shape index (κ1) is 24.5. The van der Waals surface area contributed by atoms with Crippen molar-refractivity contribution in [1.82, 2.24) is 9.88 Å². The average molecular weight is 529 g/mol. The zero-order valence-electron chi connectivity index (χ0n) is 19.0. The van der Waals surface area contributed by atoms with Crippen molar-refractivity contribution >= 4 is 37.3 Å². The lowest BCUT2D eigenvalue weighted by Crippen LogP contribution is -2.45. The number of sulfone groups is 1. The molecule has 1 aliphatic heterocycles. The van der Waals surface area contributed by atoms with Crippen LogP contribution in [-0.2, 0) is 21.2 Å². The molecule has 1 aromatic heterocycles. The van der Waals surface area contributed by atoms with Crippen molar-refractivity contribution in [1.29, 1.82) is 0 Å². The summed E-state index contributed by atoms with van der Waals surface area (Å²) in [5, 5.41) is 10.9. The van der Waals surface area contributed by atoms with E-state index in [0.717, 1.165) is 10.8 Å². The monoisotopic (exact) mass is 528 g/mol. The predicted octanol–water partition coefficient (Wildman–Crippen LogP) is 4.67. The number of piperidine rings is 1. The standard InChI is InChI=1S/C26H22F2N2O4S2/c27-20-4-1-3-19(23(20)28)26(32)11-13-30(14-12-26)25(31)18-9-7-17(8-10-18)15-36(33,34)22-6-2-5-21-24(22)29-16-35-21/h1-10,16,32H,11-15H2. The minimum atomic E-state index is -3.65. The van der Waals surface area contributed by atoms with Crippen LogP contribution in [0.5, 0.6) is 0 Å². The van der Waals surface area contributed by atoms with E-state index in [4.69, 9.17) is 0 Å². The first-order valence-corrected chi connectivity index (χ1v) is 13.8. The molecule has 0 aliphatic carbocycles. The van der Waals surface area contributed by atoms with Crippen molar-refractivity contribution in [2.75, 3.05) is 13.1 Å². The highest BCUT2D eigenvalue weighted by Crippen LogP contribution is 2.35. The van der Waals surface area contributed by atoms with Crippen molar-refractivity contribution in [3.8, 4) is 0 Å². The lowest BCUT2D eigenvalue weighted by molar-refractivity contribution is -0.0240. The SMILES string of the molecule is O=C(c1ccc(CS(=O)(=O)c2cccc3scnc23)cc1)N1CCC(O)(c2cccc(F)c2F)CC1. The van der Waals surface area contributed by atoms with Gasteiger partial charge in [-0.05, 0) is 48.7 Å². The van der Waals surface area contributed by atoms with Crippen LogP contribution in [0, 0.1) is 11.6 Å². The van der Waals surface area contributed by atoms with E-state index in [1.54, 1.807) is 46.8 Å². The van der Waals surface area contributed by atoms with Gasteiger partial charge in [0.05, 0.1) is 32.0 Å². The summed E-state index contributed by atoms with van der Waals surface area (Å²) in [6.07, 6.45) is 0.134. The Morgan fingerprint density at radius 3 is 2.44 bits per heavy atom. The Morgan fingerprint density at radius 1 is 1.03 bits per heavy atom. The maximum absolute atomic E-state index is 14.2. The Morgan fingerprint density at radius 2 is 1.72 bits per heavy atom. The number of amides is 1. The van der Waals surface area contributed by atoms with Crippen LogP contribution in [0.4, 0.5) is 8.78 Å². The topological polar surface area (TPSA) is 87.6 Å². The lowest BCUT2D eigenvalue weighted by atomic mass is 9.84. The summed E-state index contributed by atoms with van der Waals surface area (Å²) < 4.78 is 54.7. The van der Waals surface area contributed by atoms with E-state index in [1.165, 1.54) is 23.5 Å². The van der Waals surface area contributed by atoms with Gasteiger partial charge in [-0.1, -0.05) is 30.3 Å². The summed E-state index contributed by atoms with van der Waals surface area (Å²) in [7, 11) is -3.65. The maximum atomic E-state index is 14.2. The highest BCUT2D eigenvalue weighted by Gasteiger charge is 2.38. The molecule has 5 rings (SSSR count). The molecule has 1 amide bonds. The molecule has 3 aromatic carbocycles. The van der Waals surface area contributed by atoms with E-state index in [0.29, 0.717) is 16.6 Å². The summed E-state index contributed by atoms with van der Waals surface area (Å²) in [4.78, 5) is 18.9. The van der Waals surface area contributed by atoms with Gasteiger partial charge >= 0.3 is 0 Å². The number of likely N-dealkylation sites (tertiary alicyclic amines) is 1. The Bertz CT molecular complexity index is 1540. The fraction of sp³-hybridized carbons (Fsp3) is 0.231. The molecule has 0 unspecified atom stereocenters. The number of para-hydroxylation sites is 1. The van der Waals surface area contributed by atoms with Crippen LogP contribution in [0.25, 0.3) is 10.2 Å². The Labute approximate surface area is 210 Å². The quantitative estimate of drug-likeness (QED) is 0.407. The second-order valence-electron chi connectivity index (χ2n) is 8.84. The van der Waals surface area contributed by atoms with Crippen molar-refractivity contribution in [2.45, 2.75) is 29.1 Å². The second kappa shape index (κ2) is 9.34. The third-order valence-corrected chi connectivity index (χ3v) is 9.05. The summed E-state index contributed by atoms with van der Waals surface area (Å²) in [5.74, 6) is -2.60. The van der Waals surface area contributed by atoms with Gasteiger partial charge < -0.3 is 10.0 Å². The van der Waals surface area contributed by atoms with Crippen molar-refractivity contribution in [3.63, 3.8) is 0 Å². The van der Waals surface area contributed by atoms with E-state index in [1.807, 2.05) is 6.07 Å². The first-order valence-electron chi connectivity index (χ1n) is 11.3. The zero-order valence-corrected chi connectivity index (χ0v) is 20.7. The number of benzene rings is 3. The molecule has 36 heavy (non-hydrogen) atoms. The Balaban J connectivity index is 1.27. The number of hydrogen-bond donors (Lipinski definition) is 1. The largest absolute Gasteiger partial charge is 0.385 e. The van der Waals surface area contributed by atoms with Crippen LogP contribution in [0.2, 0.25) is 0 Å². The molecule has 1 saturated heterocycles. The number of hydrogen-bond acceptors (Lipinski definition) is 6. The normalized spacial score (nSPS) is 15.8. The number of carbonyl (C=O) groups excluding carboxylic acids is 1. The van der Waals surface area contributed by atoms with Crippen LogP contribution in [0.3, 0.4) is 0 Å². The number of halogens is 2. The third kappa shape index (κ3) is 4.52. The number of carbonyl (C=O) groups is 1. The van der Waals surface area contributed by atoms with Gasteiger partial charge in [-0.3, -0.25) is 4.79 Å². The van der Waals surface area contributed by atoms with Gasteiger partial charge in [0.2, 0.25) is 0 Å². The van der Waals surface area contributed by atoms with Crippen LogP contribution in [0.15, 0.2) is 71.1 Å². The molecule has 2 heterocycles. The highest BCUT2D eigenvalue weighted by molar-refractivity contribution is 7.90. The first-order chi connectivity index (χ1) is 17.2. The molecule has 0 spiro atoms. The maximum Gasteiger partial charge on any atom is 0.253 e. The minimum Gasteiger partial charge on any atom is -0.385 e. The molecule has 0 radical (unpaired) electrons. The van der Waals surface area contributed by atoms with E-state index in [9.17, 15) is 27.1 Å². The van der Waals surface area contributed by atoms with Gasteiger partial charge in [-0.2, -0.15) is 0 Å². The second-order valence-corrected chi connectivity index (χ2v) is 11.7. The van der Waals surface area contributed by atoms with Gasteiger partial charge in [0.25, 0.3) is 5.91 Å². The molecule has 0 saturated carbocycles. The van der Waals surface area contributed by atoms with Crippen molar-refractivity contribution < 1.29 is 27.1 Å². The van der Waals surface area contributed by atoms with Crippen LogP contribution in [-0.4, -0.2) is 42.4 Å². The molecular weight excluding hydrogens is 506 g/mol. The molecule has 6 nitrogen and oxygen atoms in total. The molecular formula is C26H22F2N2O4S2. The smallest absolute Gasteiger partial charge is 0.253 e. The molecule has 1 fully saturated rings. The number of thiazole rings is 1. The minimum absolute atomic E-state index is 0.0671. The number of aliphatic hydroxyl groups is 1. The third-order valence-electron chi connectivity index (χ3n) is 6.55. The summed E-state index contributed by atoms with van der Waals surface area (Å²) in [5.41, 5.74) is 1.32. The van der Waals surface area contributed by atoms with Gasteiger partial charge in [0.15, 0.2) is 21.5 Å². The fourth-order valence-corrected chi connectivity index (χ4v) is 6.84. The van der Waals surface area contributed by atoms with Gasteiger partial charge in [-0.25, -0.2) is 22.2 Å². The van der Waals surface area contributed by atoms with Crippen molar-refractivity contribution in [2.24, 2.45) is 0 Å². The van der Waals surface area contributed by atoms with Gasteiger partial charge in [-0.15, -0.1) is 11.3 Å². The van der Waals surface area contributed by atoms with Crippen LogP contribution >= 0.6 is 11.3 Å². The van der Waals surface area contributed by atoms with Gasteiger partial charge in [0.1, 0.15) is 0 Å². The number of fused-ring (bicyclic) bond motifs is 1. The highest BCUT2D eigenvalue weighted by atomic mass is 32.2. The average Bonchev–Trinajstić information content (AvgIpc) is 3.35. The Hall–Kier alpha value is -3.21. The zero-order chi connectivity index (χ0) is 25.5. The fourth-order valence-electron chi connectivity index (χ4n) is 4.55. The van der Waals surface area contributed by atoms with E-state index in [-0.39, 0.29) is 48.1 Å². The number of rotatable bonds is 5. The molecule has 1 aliphatic rings. The molecule has 10 heteroatoms. The number of aromatic nitrogens is 1. The predicted molar refractivity (Wildman–Crippen MR) is 132 cm³/mol. The molecule has 1 N–H and O–H groups in total. The lowest BCUT2D eigenvalue weighted by Gasteiger charge is -2.38. The van der Waals surface area contributed by atoms with Crippen molar-refractivity contribution in [3.05, 3.63) is 94.5 Å². The number of nitrogens with zero attached hydrogens (tertiary/aromatic N) is 2. The molecule has 0 atom stereocenters. The molecule has 4 aromatic rings. The van der Waals surface area contributed by atoms with E-state index >= 15 is 0 Å².